The van der Waals surface area contributed by atoms with Crippen LogP contribution in [0.1, 0.15) is 13.3 Å². The van der Waals surface area contributed by atoms with Crippen LogP contribution in [-0.2, 0) is 9.53 Å². The lowest BCUT2D eigenvalue weighted by atomic mass is 10.2. The van der Waals surface area contributed by atoms with Crippen LogP contribution in [0.4, 0.5) is 5.69 Å². The van der Waals surface area contributed by atoms with Crippen molar-refractivity contribution in [3.8, 4) is 0 Å². The molecule has 0 radical (unpaired) electrons. The van der Waals surface area contributed by atoms with Crippen molar-refractivity contribution in [1.29, 1.82) is 0 Å². The van der Waals surface area contributed by atoms with Gasteiger partial charge in [0.05, 0.1) is 19.1 Å². The number of hydrogen-bond acceptors (Lipinski definition) is 4. The number of ether oxygens (including phenoxy) is 1. The topological polar surface area (TPSA) is 53.0 Å². The highest BCUT2D eigenvalue weighted by Crippen LogP contribution is 2.16. The second-order valence-electron chi connectivity index (χ2n) is 5.31. The van der Waals surface area contributed by atoms with Gasteiger partial charge in [0.15, 0.2) is 0 Å². The molecule has 0 saturated carbocycles. The van der Waals surface area contributed by atoms with E-state index in [2.05, 4.69) is 16.7 Å². The predicted molar refractivity (Wildman–Crippen MR) is 82.8 cm³/mol. The molecule has 1 aromatic carbocycles. The molecule has 116 valence electrons. The maximum absolute atomic E-state index is 10.9. The molecule has 0 spiro atoms. The van der Waals surface area contributed by atoms with Crippen molar-refractivity contribution in [3.05, 3.63) is 30.3 Å². The lowest BCUT2D eigenvalue weighted by molar-refractivity contribution is -0.136. The number of carbonyl (C=O) groups is 1. The third kappa shape index (κ3) is 5.02. The van der Waals surface area contributed by atoms with Gasteiger partial charge in [-0.15, -0.1) is 0 Å². The summed E-state index contributed by atoms with van der Waals surface area (Å²) in [5.74, 6) is -0.768. The molecule has 0 amide bonds. The lowest BCUT2D eigenvalue weighted by Gasteiger charge is -2.36. The number of morpholine rings is 1. The SMILES string of the molecule is CCN1CCOC(CN(CCC(=O)O)c2ccccc2)C1. The Morgan fingerprint density at radius 3 is 2.86 bits per heavy atom. The third-order valence-corrected chi connectivity index (χ3v) is 3.81. The van der Waals surface area contributed by atoms with Crippen LogP contribution < -0.4 is 4.90 Å². The van der Waals surface area contributed by atoms with Crippen molar-refractivity contribution < 1.29 is 14.6 Å². The number of benzene rings is 1. The summed E-state index contributed by atoms with van der Waals surface area (Å²) in [6, 6.07) is 9.95. The first-order valence-corrected chi connectivity index (χ1v) is 7.54. The highest BCUT2D eigenvalue weighted by molar-refractivity contribution is 5.67. The Hall–Kier alpha value is -1.59. The van der Waals surface area contributed by atoms with E-state index >= 15 is 0 Å². The van der Waals surface area contributed by atoms with Crippen LogP contribution in [0, 0.1) is 0 Å². The van der Waals surface area contributed by atoms with Crippen LogP contribution in [0.5, 0.6) is 0 Å². The third-order valence-electron chi connectivity index (χ3n) is 3.81. The Balaban J connectivity index is 1.99. The smallest absolute Gasteiger partial charge is 0.305 e. The summed E-state index contributed by atoms with van der Waals surface area (Å²) >= 11 is 0. The summed E-state index contributed by atoms with van der Waals surface area (Å²) in [6.07, 6.45) is 0.270. The Morgan fingerprint density at radius 2 is 2.19 bits per heavy atom. The van der Waals surface area contributed by atoms with Crippen molar-refractivity contribution in [2.24, 2.45) is 0 Å². The normalized spacial score (nSPS) is 19.4. The molecule has 5 nitrogen and oxygen atoms in total. The van der Waals surface area contributed by atoms with Crippen molar-refractivity contribution in [1.82, 2.24) is 4.90 Å². The fourth-order valence-corrected chi connectivity index (χ4v) is 2.62. The second kappa shape index (κ2) is 8.00. The number of rotatable bonds is 7. The first-order valence-electron chi connectivity index (χ1n) is 7.54. The Morgan fingerprint density at radius 1 is 1.43 bits per heavy atom. The van der Waals surface area contributed by atoms with Crippen LogP contribution in [0.2, 0.25) is 0 Å². The van der Waals surface area contributed by atoms with E-state index in [-0.39, 0.29) is 12.5 Å². The largest absolute Gasteiger partial charge is 0.481 e. The van der Waals surface area contributed by atoms with Gasteiger partial charge in [-0.05, 0) is 18.7 Å². The Labute approximate surface area is 126 Å². The Kier molecular flexibility index (Phi) is 6.02. The van der Waals surface area contributed by atoms with E-state index in [1.807, 2.05) is 30.3 Å². The summed E-state index contributed by atoms with van der Waals surface area (Å²) in [5, 5.41) is 8.93. The van der Waals surface area contributed by atoms with E-state index in [4.69, 9.17) is 9.84 Å². The molecule has 0 bridgehead atoms. The molecule has 1 aromatic rings. The number of carboxylic acids is 1. The Bertz CT molecular complexity index is 438. The molecule has 1 heterocycles. The van der Waals surface area contributed by atoms with Crippen LogP contribution >= 0.6 is 0 Å². The molecule has 21 heavy (non-hydrogen) atoms. The fourth-order valence-electron chi connectivity index (χ4n) is 2.62. The number of anilines is 1. The minimum Gasteiger partial charge on any atom is -0.481 e. The lowest BCUT2D eigenvalue weighted by Crippen LogP contribution is -2.47. The molecular formula is C16H24N2O3. The van der Waals surface area contributed by atoms with Gasteiger partial charge in [0, 0.05) is 31.9 Å². The van der Waals surface area contributed by atoms with E-state index < -0.39 is 5.97 Å². The van der Waals surface area contributed by atoms with Gasteiger partial charge in [0.1, 0.15) is 0 Å². The second-order valence-corrected chi connectivity index (χ2v) is 5.31. The zero-order valence-corrected chi connectivity index (χ0v) is 12.6. The van der Waals surface area contributed by atoms with Gasteiger partial charge in [-0.2, -0.15) is 0 Å². The zero-order chi connectivity index (χ0) is 15.1. The molecular weight excluding hydrogens is 268 g/mol. The van der Waals surface area contributed by atoms with Gasteiger partial charge < -0.3 is 14.7 Å². The highest BCUT2D eigenvalue weighted by atomic mass is 16.5. The number of aliphatic carboxylic acids is 1. The first kappa shape index (κ1) is 15.8. The van der Waals surface area contributed by atoms with Gasteiger partial charge in [-0.1, -0.05) is 25.1 Å². The minimum absolute atomic E-state index is 0.132. The molecule has 1 N–H and O–H groups in total. The number of nitrogens with zero attached hydrogens (tertiary/aromatic N) is 2. The molecule has 5 heteroatoms. The highest BCUT2D eigenvalue weighted by Gasteiger charge is 2.22. The van der Waals surface area contributed by atoms with Gasteiger partial charge in [0.2, 0.25) is 0 Å². The maximum Gasteiger partial charge on any atom is 0.305 e. The van der Waals surface area contributed by atoms with Crippen LogP contribution in [-0.4, -0.2) is 61.4 Å². The van der Waals surface area contributed by atoms with E-state index in [0.29, 0.717) is 6.54 Å². The summed E-state index contributed by atoms with van der Waals surface area (Å²) in [7, 11) is 0. The molecule has 0 aromatic heterocycles. The van der Waals surface area contributed by atoms with Crippen molar-refractivity contribution >= 4 is 11.7 Å². The molecule has 1 aliphatic rings. The van der Waals surface area contributed by atoms with Crippen molar-refractivity contribution in [3.63, 3.8) is 0 Å². The average Bonchev–Trinajstić information content (AvgIpc) is 2.52. The standard InChI is InChI=1S/C16H24N2O3/c1-2-17-10-11-21-15(12-17)13-18(9-8-16(19)20)14-6-4-3-5-7-14/h3-7,15H,2,8-13H2,1H3,(H,19,20). The van der Waals surface area contributed by atoms with E-state index in [1.54, 1.807) is 0 Å². The summed E-state index contributed by atoms with van der Waals surface area (Å²) < 4.78 is 5.84. The number of carboxylic acid groups (broad SMARTS) is 1. The number of para-hydroxylation sites is 1. The molecule has 1 aliphatic heterocycles. The average molecular weight is 292 g/mol. The summed E-state index contributed by atoms with van der Waals surface area (Å²) in [6.45, 7) is 7.06. The quantitative estimate of drug-likeness (QED) is 0.829. The summed E-state index contributed by atoms with van der Waals surface area (Å²) in [4.78, 5) is 15.3. The van der Waals surface area contributed by atoms with E-state index in [1.165, 1.54) is 0 Å². The summed E-state index contributed by atoms with van der Waals surface area (Å²) in [5.41, 5.74) is 1.05. The zero-order valence-electron chi connectivity index (χ0n) is 12.6. The molecule has 0 aliphatic carbocycles. The monoisotopic (exact) mass is 292 g/mol. The van der Waals surface area contributed by atoms with Gasteiger partial charge in [0.25, 0.3) is 0 Å². The predicted octanol–water partition coefficient (Wildman–Crippen LogP) is 1.69. The van der Waals surface area contributed by atoms with Gasteiger partial charge in [-0.25, -0.2) is 0 Å². The first-order chi connectivity index (χ1) is 10.2. The van der Waals surface area contributed by atoms with Crippen LogP contribution in [0.25, 0.3) is 0 Å². The number of likely N-dealkylation sites (N-methyl/N-ethyl adjacent to an activating group) is 1. The minimum atomic E-state index is -0.768. The molecule has 2 rings (SSSR count). The van der Waals surface area contributed by atoms with E-state index in [9.17, 15) is 4.79 Å². The maximum atomic E-state index is 10.9. The van der Waals surface area contributed by atoms with Gasteiger partial charge >= 0.3 is 5.97 Å². The van der Waals surface area contributed by atoms with Crippen molar-refractivity contribution in [2.75, 3.05) is 44.2 Å². The van der Waals surface area contributed by atoms with Crippen LogP contribution in [0.3, 0.4) is 0 Å². The molecule has 1 fully saturated rings. The molecule has 1 saturated heterocycles. The van der Waals surface area contributed by atoms with Crippen LogP contribution in [0.15, 0.2) is 30.3 Å². The van der Waals surface area contributed by atoms with E-state index in [0.717, 1.165) is 38.5 Å². The molecule has 1 atom stereocenters. The molecule has 1 unspecified atom stereocenters. The van der Waals surface area contributed by atoms with Gasteiger partial charge in [-0.3, -0.25) is 9.69 Å². The number of hydrogen-bond donors (Lipinski definition) is 1. The van der Waals surface area contributed by atoms with Crippen molar-refractivity contribution in [2.45, 2.75) is 19.4 Å². The fraction of sp³-hybridized carbons (Fsp3) is 0.562.